The fourth-order valence-electron chi connectivity index (χ4n) is 3.10. The molecule has 1 aromatic heterocycles. The zero-order valence-electron chi connectivity index (χ0n) is 12.9. The number of aromatic nitrogens is 1. The van der Waals surface area contributed by atoms with Crippen LogP contribution >= 0.6 is 11.3 Å². The normalized spacial score (nSPS) is 27.4. The van der Waals surface area contributed by atoms with Gasteiger partial charge in [-0.25, -0.2) is 4.98 Å². The van der Waals surface area contributed by atoms with Crippen LogP contribution in [-0.4, -0.2) is 24.0 Å². The third-order valence-corrected chi connectivity index (χ3v) is 4.73. The van der Waals surface area contributed by atoms with Crippen molar-refractivity contribution in [1.82, 2.24) is 15.6 Å². The number of rotatable bonds is 3. The molecule has 1 aromatic rings. The zero-order valence-corrected chi connectivity index (χ0v) is 13.8. The van der Waals surface area contributed by atoms with Crippen LogP contribution in [0.3, 0.4) is 0 Å². The van der Waals surface area contributed by atoms with Gasteiger partial charge in [-0.15, -0.1) is 11.3 Å². The maximum atomic E-state index is 4.37. The standard InChI is InChI=1S/C15H26N4S/c1-10-5-11(2)7-13(6-10)19-15(16-4)18-9-14-17-8-12(3)20-14/h8,10-11,13H,5-7,9H2,1-4H3,(H2,16,18,19). The molecular formula is C15H26N4S. The van der Waals surface area contributed by atoms with Gasteiger partial charge < -0.3 is 10.6 Å². The second-order valence-electron chi connectivity index (χ2n) is 6.05. The van der Waals surface area contributed by atoms with Crippen molar-refractivity contribution in [2.75, 3.05) is 7.05 Å². The molecule has 2 rings (SSSR count). The lowest BCUT2D eigenvalue weighted by Gasteiger charge is -2.32. The van der Waals surface area contributed by atoms with Gasteiger partial charge in [-0.3, -0.25) is 4.99 Å². The minimum absolute atomic E-state index is 0.540. The lowest BCUT2D eigenvalue weighted by molar-refractivity contribution is 0.255. The van der Waals surface area contributed by atoms with E-state index in [0.717, 1.165) is 29.3 Å². The van der Waals surface area contributed by atoms with E-state index in [2.05, 4.69) is 41.4 Å². The SMILES string of the molecule is CN=C(NCc1ncc(C)s1)NC1CC(C)CC(C)C1. The lowest BCUT2D eigenvalue weighted by Crippen LogP contribution is -2.45. The number of thiazole rings is 1. The van der Waals surface area contributed by atoms with Gasteiger partial charge in [0.05, 0.1) is 6.54 Å². The zero-order chi connectivity index (χ0) is 14.5. The van der Waals surface area contributed by atoms with Crippen molar-refractivity contribution in [3.63, 3.8) is 0 Å². The predicted molar refractivity (Wildman–Crippen MR) is 86.2 cm³/mol. The van der Waals surface area contributed by atoms with Crippen LogP contribution in [-0.2, 0) is 6.54 Å². The number of guanidine groups is 1. The summed E-state index contributed by atoms with van der Waals surface area (Å²) in [7, 11) is 1.83. The van der Waals surface area contributed by atoms with E-state index >= 15 is 0 Å². The fraction of sp³-hybridized carbons (Fsp3) is 0.733. The van der Waals surface area contributed by atoms with Crippen LogP contribution in [0.2, 0.25) is 0 Å². The van der Waals surface area contributed by atoms with Gasteiger partial charge in [-0.05, 0) is 38.0 Å². The topological polar surface area (TPSA) is 49.3 Å². The second-order valence-corrected chi connectivity index (χ2v) is 7.37. The summed E-state index contributed by atoms with van der Waals surface area (Å²) < 4.78 is 0. The van der Waals surface area contributed by atoms with Crippen LogP contribution in [0.15, 0.2) is 11.2 Å². The highest BCUT2D eigenvalue weighted by Crippen LogP contribution is 2.28. The maximum Gasteiger partial charge on any atom is 0.191 e. The summed E-state index contributed by atoms with van der Waals surface area (Å²) in [5.41, 5.74) is 0. The number of nitrogens with one attached hydrogen (secondary N) is 2. The molecule has 1 heterocycles. The highest BCUT2D eigenvalue weighted by molar-refractivity contribution is 7.11. The summed E-state index contributed by atoms with van der Waals surface area (Å²) in [6, 6.07) is 0.540. The largest absolute Gasteiger partial charge is 0.354 e. The van der Waals surface area contributed by atoms with E-state index in [-0.39, 0.29) is 0 Å². The molecule has 0 aromatic carbocycles. The van der Waals surface area contributed by atoms with Gasteiger partial charge >= 0.3 is 0 Å². The van der Waals surface area contributed by atoms with Gasteiger partial charge in [-0.1, -0.05) is 13.8 Å². The Hall–Kier alpha value is -1.10. The second kappa shape index (κ2) is 7.07. The van der Waals surface area contributed by atoms with Crippen LogP contribution in [0.1, 0.15) is 43.0 Å². The van der Waals surface area contributed by atoms with Crippen LogP contribution in [0.25, 0.3) is 0 Å². The third kappa shape index (κ3) is 4.47. The summed E-state index contributed by atoms with van der Waals surface area (Å²) >= 11 is 1.73. The van der Waals surface area contributed by atoms with E-state index in [4.69, 9.17) is 0 Å². The molecule has 5 heteroatoms. The minimum atomic E-state index is 0.540. The summed E-state index contributed by atoms with van der Waals surface area (Å²) in [6.07, 6.45) is 5.74. The first-order valence-corrected chi connectivity index (χ1v) is 8.27. The Morgan fingerprint density at radius 2 is 2.05 bits per heavy atom. The number of aryl methyl sites for hydroxylation is 1. The molecule has 0 amide bonds. The molecule has 4 nitrogen and oxygen atoms in total. The quantitative estimate of drug-likeness (QED) is 0.665. The Labute approximate surface area is 126 Å². The molecule has 112 valence electrons. The van der Waals surface area contributed by atoms with Crippen molar-refractivity contribution in [2.24, 2.45) is 16.8 Å². The molecule has 1 saturated carbocycles. The van der Waals surface area contributed by atoms with Crippen molar-refractivity contribution in [2.45, 2.75) is 52.6 Å². The van der Waals surface area contributed by atoms with Gasteiger partial charge in [0.1, 0.15) is 5.01 Å². The van der Waals surface area contributed by atoms with Crippen molar-refractivity contribution in [3.8, 4) is 0 Å². The third-order valence-electron chi connectivity index (χ3n) is 3.82. The Morgan fingerprint density at radius 3 is 2.60 bits per heavy atom. The number of nitrogens with zero attached hydrogens (tertiary/aromatic N) is 2. The van der Waals surface area contributed by atoms with Crippen molar-refractivity contribution in [3.05, 3.63) is 16.1 Å². The van der Waals surface area contributed by atoms with Crippen molar-refractivity contribution in [1.29, 1.82) is 0 Å². The van der Waals surface area contributed by atoms with Crippen LogP contribution in [0, 0.1) is 18.8 Å². The van der Waals surface area contributed by atoms with Crippen LogP contribution < -0.4 is 10.6 Å². The van der Waals surface area contributed by atoms with Gasteiger partial charge in [0.25, 0.3) is 0 Å². The molecule has 0 radical (unpaired) electrons. The smallest absolute Gasteiger partial charge is 0.191 e. The van der Waals surface area contributed by atoms with Gasteiger partial charge in [0.15, 0.2) is 5.96 Å². The molecule has 0 aliphatic heterocycles. The highest BCUT2D eigenvalue weighted by atomic mass is 32.1. The van der Waals surface area contributed by atoms with E-state index in [1.165, 1.54) is 24.1 Å². The van der Waals surface area contributed by atoms with Crippen molar-refractivity contribution < 1.29 is 0 Å². The Morgan fingerprint density at radius 1 is 1.35 bits per heavy atom. The van der Waals surface area contributed by atoms with E-state index < -0.39 is 0 Å². The molecule has 0 spiro atoms. The molecule has 0 saturated heterocycles. The lowest BCUT2D eigenvalue weighted by atomic mass is 9.80. The minimum Gasteiger partial charge on any atom is -0.354 e. The monoisotopic (exact) mass is 294 g/mol. The molecule has 2 unspecified atom stereocenters. The Balaban J connectivity index is 1.83. The Bertz CT molecular complexity index is 444. The van der Waals surface area contributed by atoms with Crippen LogP contribution in [0.4, 0.5) is 0 Å². The average Bonchev–Trinajstić information content (AvgIpc) is 2.79. The average molecular weight is 294 g/mol. The molecule has 1 aliphatic carbocycles. The summed E-state index contributed by atoms with van der Waals surface area (Å²) in [6.45, 7) is 7.52. The number of aliphatic imine (C=N–C) groups is 1. The molecule has 2 atom stereocenters. The van der Waals surface area contributed by atoms with E-state index in [0.29, 0.717) is 6.04 Å². The molecular weight excluding hydrogens is 268 g/mol. The van der Waals surface area contributed by atoms with Gasteiger partial charge in [-0.2, -0.15) is 0 Å². The summed E-state index contributed by atoms with van der Waals surface area (Å²) in [5, 5.41) is 8.03. The van der Waals surface area contributed by atoms with Gasteiger partial charge in [0, 0.05) is 24.2 Å². The molecule has 0 bridgehead atoms. The number of hydrogen-bond acceptors (Lipinski definition) is 3. The molecule has 1 aliphatic rings. The first kappa shape index (κ1) is 15.3. The highest BCUT2D eigenvalue weighted by Gasteiger charge is 2.24. The predicted octanol–water partition coefficient (Wildman–Crippen LogP) is 2.94. The van der Waals surface area contributed by atoms with Crippen molar-refractivity contribution >= 4 is 17.3 Å². The fourth-order valence-corrected chi connectivity index (χ4v) is 3.82. The molecule has 20 heavy (non-hydrogen) atoms. The summed E-state index contributed by atoms with van der Waals surface area (Å²) in [4.78, 5) is 9.94. The van der Waals surface area contributed by atoms with Crippen LogP contribution in [0.5, 0.6) is 0 Å². The Kier molecular flexibility index (Phi) is 5.40. The van der Waals surface area contributed by atoms with E-state index in [1.807, 2.05) is 13.2 Å². The molecule has 2 N–H and O–H groups in total. The maximum absolute atomic E-state index is 4.37. The molecule has 1 fully saturated rings. The van der Waals surface area contributed by atoms with Gasteiger partial charge in [0.2, 0.25) is 0 Å². The number of hydrogen-bond donors (Lipinski definition) is 2. The van der Waals surface area contributed by atoms with E-state index in [9.17, 15) is 0 Å². The van der Waals surface area contributed by atoms with E-state index in [1.54, 1.807) is 11.3 Å². The first-order valence-electron chi connectivity index (χ1n) is 7.45. The first-order chi connectivity index (χ1) is 9.56. The summed E-state index contributed by atoms with van der Waals surface area (Å²) in [5.74, 6) is 2.50.